The number of aliphatic hydroxyl groups excluding tert-OH is 4. The molecule has 1 aromatic heterocycles. The summed E-state index contributed by atoms with van der Waals surface area (Å²) in [5.74, 6) is -1.08. The Balaban J connectivity index is 1.86. The lowest BCUT2D eigenvalue weighted by atomic mass is 9.99. The first-order chi connectivity index (χ1) is 17.5. The SMILES string of the molecule is CC(C)=CCc1c(O[C@@H]2O[C@H](CO)[C@@H](O)[C@H](O)[C@H]2O)cc2oc(-c3ccc(O)cc3O)cc(=O)c2c1O. The number of rotatable bonds is 6. The van der Waals surface area contributed by atoms with Crippen molar-refractivity contribution < 1.29 is 49.6 Å². The van der Waals surface area contributed by atoms with Crippen molar-refractivity contribution in [2.24, 2.45) is 0 Å². The second-order valence-electron chi connectivity index (χ2n) is 9.05. The molecular weight excluding hydrogens is 488 g/mol. The van der Waals surface area contributed by atoms with E-state index in [4.69, 9.17) is 13.9 Å². The van der Waals surface area contributed by atoms with Crippen LogP contribution < -0.4 is 10.2 Å². The Hall–Kier alpha value is -3.61. The molecule has 11 heteroatoms. The van der Waals surface area contributed by atoms with Gasteiger partial charge in [-0.1, -0.05) is 11.6 Å². The third-order valence-corrected chi connectivity index (χ3v) is 6.11. The number of allylic oxidation sites excluding steroid dienone is 2. The Bertz CT molecular complexity index is 1390. The van der Waals surface area contributed by atoms with Gasteiger partial charge >= 0.3 is 0 Å². The minimum absolute atomic E-state index is 0.0507. The van der Waals surface area contributed by atoms with Crippen molar-refractivity contribution in [1.82, 2.24) is 0 Å². The molecule has 3 aromatic rings. The van der Waals surface area contributed by atoms with Gasteiger partial charge in [0.1, 0.15) is 64.1 Å². The van der Waals surface area contributed by atoms with Crippen LogP contribution in [0.15, 0.2) is 51.2 Å². The summed E-state index contributed by atoms with van der Waals surface area (Å²) in [6, 6.07) is 6.12. The van der Waals surface area contributed by atoms with Crippen molar-refractivity contribution in [2.45, 2.75) is 51.0 Å². The smallest absolute Gasteiger partial charge is 0.229 e. The van der Waals surface area contributed by atoms with E-state index in [0.717, 1.165) is 17.7 Å². The predicted octanol–water partition coefficient (Wildman–Crippen LogP) is 1.26. The number of hydrogen-bond acceptors (Lipinski definition) is 11. The van der Waals surface area contributed by atoms with E-state index < -0.39 is 48.5 Å². The number of phenolic OH excluding ortho intramolecular Hbond substituents is 3. The molecule has 11 nitrogen and oxygen atoms in total. The maximum absolute atomic E-state index is 13.0. The lowest BCUT2D eigenvalue weighted by Gasteiger charge is -2.39. The molecule has 198 valence electrons. The average Bonchev–Trinajstić information content (AvgIpc) is 2.83. The van der Waals surface area contributed by atoms with Gasteiger partial charge in [-0.15, -0.1) is 0 Å². The van der Waals surface area contributed by atoms with Gasteiger partial charge in [0, 0.05) is 23.8 Å². The lowest BCUT2D eigenvalue weighted by molar-refractivity contribution is -0.277. The fourth-order valence-electron chi connectivity index (χ4n) is 4.08. The normalized spacial score (nSPS) is 23.7. The highest BCUT2D eigenvalue weighted by Gasteiger charge is 2.45. The summed E-state index contributed by atoms with van der Waals surface area (Å²) in [6.45, 7) is 3.01. The van der Waals surface area contributed by atoms with Gasteiger partial charge in [0.2, 0.25) is 6.29 Å². The molecule has 0 saturated carbocycles. The summed E-state index contributed by atoms with van der Waals surface area (Å²) in [4.78, 5) is 13.0. The zero-order valence-corrected chi connectivity index (χ0v) is 20.0. The molecule has 7 N–H and O–H groups in total. The van der Waals surface area contributed by atoms with Gasteiger partial charge in [-0.25, -0.2) is 0 Å². The number of fused-ring (bicyclic) bond motifs is 1. The van der Waals surface area contributed by atoms with Crippen molar-refractivity contribution in [2.75, 3.05) is 6.61 Å². The molecule has 1 saturated heterocycles. The quantitative estimate of drug-likeness (QED) is 0.234. The van der Waals surface area contributed by atoms with Gasteiger partial charge in [-0.05, 0) is 32.4 Å². The Morgan fingerprint density at radius 3 is 2.41 bits per heavy atom. The van der Waals surface area contributed by atoms with E-state index in [2.05, 4.69) is 0 Å². The molecule has 5 atom stereocenters. The van der Waals surface area contributed by atoms with Gasteiger partial charge in [0.15, 0.2) is 5.43 Å². The standard InChI is InChI=1S/C26H28O11/c1-11(2)3-5-14-18(36-26-25(34)24(33)23(32)20(10-27)37-26)9-19-21(22(14)31)16(30)8-17(35-19)13-6-4-12(28)7-15(13)29/h3-4,6-9,20,23-29,31-34H,5,10H2,1-2H3/t20-,23-,24+,25-,26-/m1/s1. The first kappa shape index (κ1) is 26.5. The van der Waals surface area contributed by atoms with E-state index in [-0.39, 0.29) is 51.5 Å². The topological polar surface area (TPSA) is 190 Å². The molecule has 4 rings (SSSR count). The van der Waals surface area contributed by atoms with Crippen molar-refractivity contribution in [3.63, 3.8) is 0 Å². The van der Waals surface area contributed by atoms with Crippen LogP contribution in [0.3, 0.4) is 0 Å². The molecule has 0 spiro atoms. The molecule has 0 radical (unpaired) electrons. The highest BCUT2D eigenvalue weighted by molar-refractivity contribution is 5.88. The van der Waals surface area contributed by atoms with Crippen molar-refractivity contribution >= 4 is 11.0 Å². The third-order valence-electron chi connectivity index (χ3n) is 6.11. The third kappa shape index (κ3) is 5.13. The van der Waals surface area contributed by atoms with E-state index in [0.29, 0.717) is 0 Å². The molecular formula is C26H28O11. The zero-order valence-electron chi connectivity index (χ0n) is 20.0. The Kier molecular flexibility index (Phi) is 7.44. The maximum atomic E-state index is 13.0. The monoisotopic (exact) mass is 516 g/mol. The molecule has 1 aliphatic rings. The minimum atomic E-state index is -1.71. The highest BCUT2D eigenvalue weighted by Crippen LogP contribution is 2.40. The van der Waals surface area contributed by atoms with Crippen molar-refractivity contribution in [1.29, 1.82) is 0 Å². The first-order valence-corrected chi connectivity index (χ1v) is 11.5. The van der Waals surface area contributed by atoms with Crippen molar-refractivity contribution in [3.8, 4) is 34.3 Å². The van der Waals surface area contributed by atoms with Gasteiger partial charge in [-0.2, -0.15) is 0 Å². The summed E-state index contributed by atoms with van der Waals surface area (Å²) in [6.07, 6.45) is -5.86. The second-order valence-corrected chi connectivity index (χ2v) is 9.05. The molecule has 0 aliphatic carbocycles. The van der Waals surface area contributed by atoms with Crippen LogP contribution in [0.2, 0.25) is 0 Å². The molecule has 2 heterocycles. The van der Waals surface area contributed by atoms with Crippen LogP contribution in [0.1, 0.15) is 19.4 Å². The fourth-order valence-corrected chi connectivity index (χ4v) is 4.08. The van der Waals surface area contributed by atoms with Crippen LogP contribution >= 0.6 is 0 Å². The largest absolute Gasteiger partial charge is 0.508 e. The number of aliphatic hydroxyl groups is 4. The van der Waals surface area contributed by atoms with Crippen molar-refractivity contribution in [3.05, 3.63) is 57.8 Å². The summed E-state index contributed by atoms with van der Waals surface area (Å²) in [7, 11) is 0. The maximum Gasteiger partial charge on any atom is 0.229 e. The summed E-state index contributed by atoms with van der Waals surface area (Å²) in [5.41, 5.74) is 0.454. The number of aromatic hydroxyl groups is 3. The Morgan fingerprint density at radius 2 is 1.76 bits per heavy atom. The van der Waals surface area contributed by atoms with E-state index in [1.165, 1.54) is 18.2 Å². The van der Waals surface area contributed by atoms with Crippen LogP contribution in [-0.2, 0) is 11.2 Å². The zero-order chi connectivity index (χ0) is 27.0. The second kappa shape index (κ2) is 10.4. The summed E-state index contributed by atoms with van der Waals surface area (Å²) < 4.78 is 17.1. The lowest BCUT2D eigenvalue weighted by Crippen LogP contribution is -2.60. The van der Waals surface area contributed by atoms with E-state index >= 15 is 0 Å². The molecule has 1 aliphatic heterocycles. The van der Waals surface area contributed by atoms with Crippen LogP contribution in [0.25, 0.3) is 22.3 Å². The van der Waals surface area contributed by atoms with Crippen LogP contribution in [-0.4, -0.2) is 73.1 Å². The van der Waals surface area contributed by atoms with E-state index in [1.807, 2.05) is 13.8 Å². The average molecular weight is 516 g/mol. The molecule has 0 bridgehead atoms. The van der Waals surface area contributed by atoms with Gasteiger partial charge in [-0.3, -0.25) is 4.79 Å². The van der Waals surface area contributed by atoms with E-state index in [1.54, 1.807) is 6.08 Å². The van der Waals surface area contributed by atoms with Crippen LogP contribution in [0.4, 0.5) is 0 Å². The van der Waals surface area contributed by atoms with Gasteiger partial charge < -0.3 is 49.6 Å². The highest BCUT2D eigenvalue weighted by atomic mass is 16.7. The molecule has 0 unspecified atom stereocenters. The fraction of sp³-hybridized carbons (Fsp3) is 0.346. The summed E-state index contributed by atoms with van der Waals surface area (Å²) in [5, 5.41) is 70.8. The number of phenols is 3. The number of benzene rings is 2. The van der Waals surface area contributed by atoms with Gasteiger partial charge in [0.25, 0.3) is 0 Å². The molecule has 2 aromatic carbocycles. The number of hydrogen-bond donors (Lipinski definition) is 7. The number of ether oxygens (including phenoxy) is 2. The minimum Gasteiger partial charge on any atom is -0.508 e. The molecule has 37 heavy (non-hydrogen) atoms. The Labute approximate surface area is 210 Å². The molecule has 1 fully saturated rings. The summed E-state index contributed by atoms with van der Waals surface area (Å²) >= 11 is 0. The van der Waals surface area contributed by atoms with E-state index in [9.17, 15) is 40.5 Å². The van der Waals surface area contributed by atoms with Crippen LogP contribution in [0.5, 0.6) is 23.0 Å². The predicted molar refractivity (Wildman–Crippen MR) is 130 cm³/mol. The first-order valence-electron chi connectivity index (χ1n) is 11.5. The van der Waals surface area contributed by atoms with Gasteiger partial charge in [0.05, 0.1) is 12.2 Å². The Morgan fingerprint density at radius 1 is 1.03 bits per heavy atom. The van der Waals surface area contributed by atoms with Crippen LogP contribution in [0, 0.1) is 0 Å². The molecule has 0 amide bonds.